The molecular weight excluding hydrogens is 354 g/mol. The highest BCUT2D eigenvalue weighted by Gasteiger charge is 2.15. The number of carbonyl (C=O) groups is 1. The lowest BCUT2D eigenvalue weighted by Crippen LogP contribution is -2.26. The Morgan fingerprint density at radius 2 is 1.90 bits per heavy atom. The molecule has 0 heterocycles. The highest BCUT2D eigenvalue weighted by atomic mass is 79.9. The Labute approximate surface area is 137 Å². The number of amides is 1. The van der Waals surface area contributed by atoms with Gasteiger partial charge in [0.15, 0.2) is 0 Å². The fourth-order valence-electron chi connectivity index (χ4n) is 1.95. The lowest BCUT2D eigenvalue weighted by Gasteiger charge is -2.18. The second kappa shape index (κ2) is 6.96. The van der Waals surface area contributed by atoms with E-state index in [4.69, 9.17) is 16.3 Å². The van der Waals surface area contributed by atoms with Crippen molar-refractivity contribution in [2.45, 2.75) is 6.54 Å². The summed E-state index contributed by atoms with van der Waals surface area (Å²) in [5.74, 6) is 0.687. The molecule has 0 fully saturated rings. The standard InChI is InChI=1S/C16H15BrClNO2/c1-19(10-11-3-6-13(21-2)7-4-11)16(20)14-8-5-12(17)9-15(14)18/h3-9H,10H2,1-2H3. The lowest BCUT2D eigenvalue weighted by molar-refractivity contribution is 0.0785. The van der Waals surface area contributed by atoms with Gasteiger partial charge in [-0.1, -0.05) is 39.7 Å². The Kier molecular flexibility index (Phi) is 5.26. The summed E-state index contributed by atoms with van der Waals surface area (Å²) in [6.45, 7) is 0.509. The molecule has 0 saturated carbocycles. The molecule has 0 unspecified atom stereocenters. The van der Waals surface area contributed by atoms with Gasteiger partial charge in [-0.15, -0.1) is 0 Å². The Hall–Kier alpha value is -1.52. The molecule has 2 aromatic carbocycles. The molecule has 1 amide bonds. The summed E-state index contributed by atoms with van der Waals surface area (Å²) >= 11 is 9.45. The average molecular weight is 369 g/mol. The summed E-state index contributed by atoms with van der Waals surface area (Å²) in [5.41, 5.74) is 1.52. The number of nitrogens with zero attached hydrogens (tertiary/aromatic N) is 1. The number of ether oxygens (including phenoxy) is 1. The second-order valence-electron chi connectivity index (χ2n) is 4.63. The zero-order chi connectivity index (χ0) is 15.4. The summed E-state index contributed by atoms with van der Waals surface area (Å²) < 4.78 is 5.96. The molecular formula is C16H15BrClNO2. The Morgan fingerprint density at radius 1 is 1.24 bits per heavy atom. The van der Waals surface area contributed by atoms with Crippen LogP contribution in [-0.2, 0) is 6.54 Å². The molecule has 0 aliphatic carbocycles. The zero-order valence-corrected chi connectivity index (χ0v) is 14.1. The van der Waals surface area contributed by atoms with Gasteiger partial charge in [0.05, 0.1) is 17.7 Å². The van der Waals surface area contributed by atoms with E-state index in [0.29, 0.717) is 17.1 Å². The number of hydrogen-bond acceptors (Lipinski definition) is 2. The zero-order valence-electron chi connectivity index (χ0n) is 11.8. The van der Waals surface area contributed by atoms with Crippen molar-refractivity contribution in [3.05, 3.63) is 63.1 Å². The molecule has 110 valence electrons. The fraction of sp³-hybridized carbons (Fsp3) is 0.188. The minimum Gasteiger partial charge on any atom is -0.497 e. The molecule has 0 radical (unpaired) electrons. The number of carbonyl (C=O) groups excluding carboxylic acids is 1. The molecule has 0 N–H and O–H groups in total. The van der Waals surface area contributed by atoms with E-state index in [1.165, 1.54) is 0 Å². The molecule has 2 aromatic rings. The van der Waals surface area contributed by atoms with E-state index in [1.54, 1.807) is 37.3 Å². The highest BCUT2D eigenvalue weighted by Crippen LogP contribution is 2.23. The van der Waals surface area contributed by atoms with Crippen LogP contribution in [0.15, 0.2) is 46.9 Å². The lowest BCUT2D eigenvalue weighted by atomic mass is 10.1. The van der Waals surface area contributed by atoms with E-state index in [9.17, 15) is 4.79 Å². The van der Waals surface area contributed by atoms with Gasteiger partial charge in [-0.05, 0) is 35.9 Å². The van der Waals surface area contributed by atoms with Crippen molar-refractivity contribution in [1.82, 2.24) is 4.90 Å². The van der Waals surface area contributed by atoms with Gasteiger partial charge in [0, 0.05) is 18.1 Å². The van der Waals surface area contributed by atoms with Crippen LogP contribution in [-0.4, -0.2) is 25.0 Å². The van der Waals surface area contributed by atoms with Crippen LogP contribution < -0.4 is 4.74 Å². The van der Waals surface area contributed by atoms with Crippen LogP contribution in [0, 0.1) is 0 Å². The smallest absolute Gasteiger partial charge is 0.255 e. The van der Waals surface area contributed by atoms with Gasteiger partial charge in [0.25, 0.3) is 5.91 Å². The molecule has 0 bridgehead atoms. The number of halogens is 2. The normalized spacial score (nSPS) is 10.3. The van der Waals surface area contributed by atoms with Gasteiger partial charge in [0.2, 0.25) is 0 Å². The molecule has 5 heteroatoms. The maximum absolute atomic E-state index is 12.4. The molecule has 0 saturated heterocycles. The minimum atomic E-state index is -0.108. The molecule has 2 rings (SSSR count). The fourth-order valence-corrected chi connectivity index (χ4v) is 2.70. The molecule has 0 aromatic heterocycles. The first kappa shape index (κ1) is 15.9. The monoisotopic (exact) mass is 367 g/mol. The van der Waals surface area contributed by atoms with Crippen LogP contribution in [0.2, 0.25) is 5.02 Å². The number of hydrogen-bond donors (Lipinski definition) is 0. The first-order valence-electron chi connectivity index (χ1n) is 6.34. The molecule has 0 atom stereocenters. The van der Waals surface area contributed by atoms with E-state index in [2.05, 4.69) is 15.9 Å². The molecule has 0 aliphatic heterocycles. The topological polar surface area (TPSA) is 29.5 Å². The van der Waals surface area contributed by atoms with Crippen molar-refractivity contribution in [2.24, 2.45) is 0 Å². The first-order chi connectivity index (χ1) is 10.0. The number of benzene rings is 2. The SMILES string of the molecule is COc1ccc(CN(C)C(=O)c2ccc(Br)cc2Cl)cc1. The summed E-state index contributed by atoms with van der Waals surface area (Å²) in [6.07, 6.45) is 0. The van der Waals surface area contributed by atoms with Crippen LogP contribution in [0.4, 0.5) is 0 Å². The van der Waals surface area contributed by atoms with Gasteiger partial charge >= 0.3 is 0 Å². The predicted octanol–water partition coefficient (Wildman–Crippen LogP) is 4.38. The van der Waals surface area contributed by atoms with E-state index >= 15 is 0 Å². The maximum Gasteiger partial charge on any atom is 0.255 e. The molecule has 0 spiro atoms. The van der Waals surface area contributed by atoms with E-state index in [-0.39, 0.29) is 5.91 Å². The van der Waals surface area contributed by atoms with E-state index in [1.807, 2.05) is 24.3 Å². The van der Waals surface area contributed by atoms with Crippen molar-refractivity contribution in [3.63, 3.8) is 0 Å². The van der Waals surface area contributed by atoms with Gasteiger partial charge in [0.1, 0.15) is 5.75 Å². The second-order valence-corrected chi connectivity index (χ2v) is 5.96. The van der Waals surface area contributed by atoms with Crippen LogP contribution in [0.3, 0.4) is 0 Å². The third-order valence-corrected chi connectivity index (χ3v) is 3.89. The van der Waals surface area contributed by atoms with Crippen LogP contribution in [0.25, 0.3) is 0 Å². The van der Waals surface area contributed by atoms with Gasteiger partial charge in [-0.3, -0.25) is 4.79 Å². The quantitative estimate of drug-likeness (QED) is 0.801. The average Bonchev–Trinajstić information content (AvgIpc) is 2.47. The van der Waals surface area contributed by atoms with Gasteiger partial charge in [-0.2, -0.15) is 0 Å². The van der Waals surface area contributed by atoms with Crippen LogP contribution in [0.5, 0.6) is 5.75 Å². The Bertz CT molecular complexity index is 643. The summed E-state index contributed by atoms with van der Waals surface area (Å²) in [7, 11) is 3.38. The predicted molar refractivity (Wildman–Crippen MR) is 87.9 cm³/mol. The summed E-state index contributed by atoms with van der Waals surface area (Å²) in [6, 6.07) is 12.9. The van der Waals surface area contributed by atoms with Crippen LogP contribution in [0.1, 0.15) is 15.9 Å². The van der Waals surface area contributed by atoms with E-state index in [0.717, 1.165) is 15.8 Å². The van der Waals surface area contributed by atoms with Crippen molar-refractivity contribution >= 4 is 33.4 Å². The third-order valence-electron chi connectivity index (χ3n) is 3.09. The molecule has 0 aliphatic rings. The van der Waals surface area contributed by atoms with Crippen molar-refractivity contribution in [3.8, 4) is 5.75 Å². The van der Waals surface area contributed by atoms with Crippen molar-refractivity contribution < 1.29 is 9.53 Å². The van der Waals surface area contributed by atoms with Gasteiger partial charge < -0.3 is 9.64 Å². The van der Waals surface area contributed by atoms with Gasteiger partial charge in [-0.25, -0.2) is 0 Å². The maximum atomic E-state index is 12.4. The van der Waals surface area contributed by atoms with Crippen molar-refractivity contribution in [1.29, 1.82) is 0 Å². The Balaban J connectivity index is 2.11. The summed E-state index contributed by atoms with van der Waals surface area (Å²) in [4.78, 5) is 14.0. The molecule has 3 nitrogen and oxygen atoms in total. The summed E-state index contributed by atoms with van der Waals surface area (Å²) in [5, 5.41) is 0.441. The number of methoxy groups -OCH3 is 1. The van der Waals surface area contributed by atoms with Crippen LogP contribution >= 0.6 is 27.5 Å². The van der Waals surface area contributed by atoms with Crippen molar-refractivity contribution in [2.75, 3.05) is 14.2 Å². The van der Waals surface area contributed by atoms with E-state index < -0.39 is 0 Å². The highest BCUT2D eigenvalue weighted by molar-refractivity contribution is 9.10. The third kappa shape index (κ3) is 3.99. The molecule has 21 heavy (non-hydrogen) atoms. The largest absolute Gasteiger partial charge is 0.497 e. The minimum absolute atomic E-state index is 0.108. The number of rotatable bonds is 4. The first-order valence-corrected chi connectivity index (χ1v) is 7.52. The Morgan fingerprint density at radius 3 is 2.48 bits per heavy atom.